The molecule has 0 heterocycles. The van der Waals surface area contributed by atoms with Gasteiger partial charge in [0, 0.05) is 0 Å². The van der Waals surface area contributed by atoms with Crippen molar-refractivity contribution in [3.05, 3.63) is 71.8 Å². The number of halogens is 3. The molecule has 0 saturated heterocycles. The van der Waals surface area contributed by atoms with Gasteiger partial charge in [-0.2, -0.15) is 0 Å². The van der Waals surface area contributed by atoms with Crippen LogP contribution in [-0.2, 0) is 20.9 Å². The van der Waals surface area contributed by atoms with E-state index < -0.39 is 15.9 Å². The summed E-state index contributed by atoms with van der Waals surface area (Å²) in [5, 5.41) is -1.73. The zero-order valence-electron chi connectivity index (χ0n) is 12.1. The molecular weight excluding hydrogens is 359 g/mol. The summed E-state index contributed by atoms with van der Waals surface area (Å²) in [7, 11) is 0. The second-order valence-electron chi connectivity index (χ2n) is 4.41. The molecule has 0 spiro atoms. The topological polar surface area (TPSA) is 43.4 Å². The molecule has 1 unspecified atom stereocenters. The van der Waals surface area contributed by atoms with E-state index in [-0.39, 0.29) is 6.61 Å². The van der Waals surface area contributed by atoms with Crippen molar-refractivity contribution in [3.63, 3.8) is 0 Å². The molecule has 2 rings (SSSR count). The number of alkyl halides is 1. The number of carbonyl (C=O) groups excluding carboxylic acids is 2. The molecule has 2 aromatic rings. The van der Waals surface area contributed by atoms with Gasteiger partial charge in [0.2, 0.25) is 10.5 Å². The van der Waals surface area contributed by atoms with E-state index in [1.807, 2.05) is 48.5 Å². The normalized spacial score (nSPS) is 11.1. The molecule has 1 atom stereocenters. The maximum absolute atomic E-state index is 10.6. The molecule has 0 fully saturated rings. The second kappa shape index (κ2) is 11.2. The third-order valence-corrected chi connectivity index (χ3v) is 3.51. The van der Waals surface area contributed by atoms with E-state index in [2.05, 4.69) is 0 Å². The molecule has 122 valence electrons. The van der Waals surface area contributed by atoms with Crippen molar-refractivity contribution in [2.24, 2.45) is 0 Å². The average Bonchev–Trinajstić information content (AvgIpc) is 2.56. The van der Waals surface area contributed by atoms with Crippen LogP contribution in [0.25, 0.3) is 0 Å². The van der Waals surface area contributed by atoms with Crippen molar-refractivity contribution < 1.29 is 14.3 Å². The van der Waals surface area contributed by atoms with Gasteiger partial charge in [0.1, 0.15) is 12.0 Å². The van der Waals surface area contributed by atoms with E-state index in [1.54, 1.807) is 12.1 Å². The van der Waals surface area contributed by atoms with Crippen molar-refractivity contribution in [2.75, 3.05) is 6.61 Å². The molecule has 0 N–H and O–H groups in total. The van der Waals surface area contributed by atoms with Crippen molar-refractivity contribution in [2.45, 2.75) is 12.0 Å². The SMILES string of the molecule is O=C(Cl)C(Cl)c1ccccc1.O=C(Cl)COCc1ccccc1. The molecule has 0 aliphatic heterocycles. The molecule has 0 aliphatic carbocycles. The predicted molar refractivity (Wildman–Crippen MR) is 92.9 cm³/mol. The molecule has 3 nitrogen and oxygen atoms in total. The molecule has 2 aromatic carbocycles. The zero-order valence-corrected chi connectivity index (χ0v) is 14.4. The van der Waals surface area contributed by atoms with E-state index in [0.717, 1.165) is 11.1 Å². The minimum atomic E-state index is -0.724. The number of rotatable bonds is 6. The zero-order chi connectivity index (χ0) is 17.1. The van der Waals surface area contributed by atoms with Gasteiger partial charge in [0.15, 0.2) is 0 Å². The first-order valence-corrected chi connectivity index (χ1v) is 7.88. The lowest BCUT2D eigenvalue weighted by Gasteiger charge is -2.01. The molecule has 0 bridgehead atoms. The molecule has 0 radical (unpaired) electrons. The van der Waals surface area contributed by atoms with Crippen molar-refractivity contribution in [1.82, 2.24) is 0 Å². The molecular formula is C17H15Cl3O3. The Morgan fingerprint density at radius 2 is 1.43 bits per heavy atom. The summed E-state index contributed by atoms with van der Waals surface area (Å²) in [4.78, 5) is 20.9. The third kappa shape index (κ3) is 8.72. The fourth-order valence-corrected chi connectivity index (χ4v) is 1.93. The monoisotopic (exact) mass is 372 g/mol. The standard InChI is InChI=1S/C9H9ClO2.C8H6Cl2O/c10-9(11)7-12-6-8-4-2-1-3-5-8;9-7(8(10)11)6-4-2-1-3-5-6/h1-5H,6-7H2;1-5,7H. The van der Waals surface area contributed by atoms with Gasteiger partial charge in [-0.15, -0.1) is 11.6 Å². The highest BCUT2D eigenvalue weighted by Gasteiger charge is 2.13. The van der Waals surface area contributed by atoms with Gasteiger partial charge in [-0.3, -0.25) is 9.59 Å². The van der Waals surface area contributed by atoms with E-state index in [1.165, 1.54) is 0 Å². The van der Waals surface area contributed by atoms with Crippen LogP contribution in [0.4, 0.5) is 0 Å². The van der Waals surface area contributed by atoms with Crippen molar-refractivity contribution in [1.29, 1.82) is 0 Å². The van der Waals surface area contributed by atoms with Crippen molar-refractivity contribution in [3.8, 4) is 0 Å². The highest BCUT2D eigenvalue weighted by Crippen LogP contribution is 2.22. The van der Waals surface area contributed by atoms with Crippen molar-refractivity contribution >= 4 is 45.3 Å². The van der Waals surface area contributed by atoms with Gasteiger partial charge in [0.25, 0.3) is 0 Å². The predicted octanol–water partition coefficient (Wildman–Crippen LogP) is 4.70. The van der Waals surface area contributed by atoms with Crippen LogP contribution in [0.1, 0.15) is 16.5 Å². The Kier molecular flexibility index (Phi) is 9.57. The summed E-state index contributed by atoms with van der Waals surface area (Å²) < 4.78 is 5.00. The summed E-state index contributed by atoms with van der Waals surface area (Å²) in [5.74, 6) is 0. The third-order valence-electron chi connectivity index (χ3n) is 2.62. The summed E-state index contributed by atoms with van der Waals surface area (Å²) in [5.41, 5.74) is 1.77. The first-order valence-electron chi connectivity index (χ1n) is 6.69. The largest absolute Gasteiger partial charge is 0.368 e. The fourth-order valence-electron chi connectivity index (χ4n) is 1.58. The molecule has 0 amide bonds. The number of ether oxygens (including phenoxy) is 1. The summed E-state index contributed by atoms with van der Waals surface area (Å²) in [6.45, 7) is 0.399. The molecule has 0 saturated carbocycles. The lowest BCUT2D eigenvalue weighted by molar-refractivity contribution is -0.116. The van der Waals surface area contributed by atoms with Gasteiger partial charge in [-0.1, -0.05) is 60.7 Å². The van der Waals surface area contributed by atoms with Gasteiger partial charge in [-0.05, 0) is 34.3 Å². The highest BCUT2D eigenvalue weighted by atomic mass is 35.5. The van der Waals surface area contributed by atoms with Crippen LogP contribution in [0.2, 0.25) is 0 Å². The van der Waals surface area contributed by atoms with Gasteiger partial charge in [0.05, 0.1) is 6.61 Å². The fraction of sp³-hybridized carbons (Fsp3) is 0.176. The minimum Gasteiger partial charge on any atom is -0.368 e. The van der Waals surface area contributed by atoms with Crippen LogP contribution in [0.15, 0.2) is 60.7 Å². The lowest BCUT2D eigenvalue weighted by atomic mass is 10.2. The molecule has 0 aliphatic rings. The van der Waals surface area contributed by atoms with E-state index in [9.17, 15) is 9.59 Å². The number of hydrogen-bond donors (Lipinski definition) is 0. The maximum Gasteiger partial charge on any atom is 0.247 e. The summed E-state index contributed by atoms with van der Waals surface area (Å²) in [6.07, 6.45) is 0. The smallest absolute Gasteiger partial charge is 0.247 e. The average molecular weight is 374 g/mol. The Bertz CT molecular complexity index is 603. The second-order valence-corrected chi connectivity index (χ2v) is 5.64. The summed E-state index contributed by atoms with van der Waals surface area (Å²) >= 11 is 15.9. The van der Waals surface area contributed by atoms with Gasteiger partial charge >= 0.3 is 0 Å². The Morgan fingerprint density at radius 3 is 1.91 bits per heavy atom. The minimum absolute atomic E-state index is 0.0313. The van der Waals surface area contributed by atoms with Gasteiger partial charge in [-0.25, -0.2) is 0 Å². The van der Waals surface area contributed by atoms with Crippen LogP contribution in [0, 0.1) is 0 Å². The Balaban J connectivity index is 0.000000231. The number of hydrogen-bond acceptors (Lipinski definition) is 3. The number of benzene rings is 2. The van der Waals surface area contributed by atoms with E-state index in [0.29, 0.717) is 6.61 Å². The van der Waals surface area contributed by atoms with Crippen LogP contribution in [0.3, 0.4) is 0 Å². The number of carbonyl (C=O) groups is 2. The van der Waals surface area contributed by atoms with Gasteiger partial charge < -0.3 is 4.74 Å². The highest BCUT2D eigenvalue weighted by molar-refractivity contribution is 6.68. The molecule has 23 heavy (non-hydrogen) atoms. The van der Waals surface area contributed by atoms with E-state index >= 15 is 0 Å². The van der Waals surface area contributed by atoms with Crippen LogP contribution >= 0.6 is 34.8 Å². The first kappa shape index (κ1) is 19.7. The quantitative estimate of drug-likeness (QED) is 0.544. The Hall–Kier alpha value is -1.39. The molecule has 6 heteroatoms. The molecule has 0 aromatic heterocycles. The first-order chi connectivity index (χ1) is 11.0. The lowest BCUT2D eigenvalue weighted by Crippen LogP contribution is -2.01. The summed E-state index contributed by atoms with van der Waals surface area (Å²) in [6, 6.07) is 18.6. The van der Waals surface area contributed by atoms with Crippen LogP contribution in [0.5, 0.6) is 0 Å². The van der Waals surface area contributed by atoms with Crippen LogP contribution < -0.4 is 0 Å². The van der Waals surface area contributed by atoms with E-state index in [4.69, 9.17) is 39.5 Å². The Labute approximate surface area is 150 Å². The van der Waals surface area contributed by atoms with Crippen LogP contribution in [-0.4, -0.2) is 17.1 Å². The maximum atomic E-state index is 10.6. The Morgan fingerprint density at radius 1 is 0.913 bits per heavy atom.